The zero-order chi connectivity index (χ0) is 18.2. The lowest BCUT2D eigenvalue weighted by Crippen LogP contribution is -2.39. The summed E-state index contributed by atoms with van der Waals surface area (Å²) in [6, 6.07) is 10.5. The van der Waals surface area contributed by atoms with Crippen LogP contribution in [0.25, 0.3) is 0 Å². The molecular formula is C21H31NO2. The maximum atomic E-state index is 12.3. The third-order valence-electron chi connectivity index (χ3n) is 3.76. The van der Waals surface area contributed by atoms with Crippen molar-refractivity contribution in [3.8, 4) is 0 Å². The quantitative estimate of drug-likeness (QED) is 0.501. The summed E-state index contributed by atoms with van der Waals surface area (Å²) >= 11 is 0. The smallest absolute Gasteiger partial charge is 0.308 e. The molecular weight excluding hydrogens is 298 g/mol. The highest BCUT2D eigenvalue weighted by Crippen LogP contribution is 2.25. The van der Waals surface area contributed by atoms with E-state index in [0.717, 1.165) is 0 Å². The second-order valence-corrected chi connectivity index (χ2v) is 6.96. The van der Waals surface area contributed by atoms with E-state index in [4.69, 9.17) is 4.74 Å². The Hall–Kier alpha value is -1.87. The normalized spacial score (nSPS) is 14.6. The number of ether oxygens (including phenoxy) is 1. The highest BCUT2D eigenvalue weighted by molar-refractivity contribution is 5.71. The van der Waals surface area contributed by atoms with Crippen LogP contribution in [-0.4, -0.2) is 29.1 Å². The van der Waals surface area contributed by atoms with E-state index in [9.17, 15) is 4.79 Å². The molecule has 1 aromatic carbocycles. The van der Waals surface area contributed by atoms with Gasteiger partial charge in [0.1, 0.15) is 5.60 Å². The van der Waals surface area contributed by atoms with E-state index >= 15 is 0 Å². The van der Waals surface area contributed by atoms with Gasteiger partial charge in [0.05, 0.1) is 6.42 Å². The summed E-state index contributed by atoms with van der Waals surface area (Å²) in [6.45, 7) is 14.4. The monoisotopic (exact) mass is 329 g/mol. The van der Waals surface area contributed by atoms with E-state index in [1.54, 1.807) is 0 Å². The Bertz CT molecular complexity index is 543. The molecule has 0 bridgehead atoms. The summed E-state index contributed by atoms with van der Waals surface area (Å²) < 4.78 is 5.50. The van der Waals surface area contributed by atoms with E-state index in [0.29, 0.717) is 13.0 Å². The molecule has 0 radical (unpaired) electrons. The predicted molar refractivity (Wildman–Crippen MR) is 101 cm³/mol. The van der Waals surface area contributed by atoms with Crippen molar-refractivity contribution in [2.24, 2.45) is 0 Å². The van der Waals surface area contributed by atoms with Crippen molar-refractivity contribution in [1.82, 2.24) is 4.90 Å². The van der Waals surface area contributed by atoms with Gasteiger partial charge in [-0.3, -0.25) is 9.69 Å². The Balaban J connectivity index is 2.98. The molecule has 0 saturated carbocycles. The van der Waals surface area contributed by atoms with Gasteiger partial charge in [0.2, 0.25) is 0 Å². The van der Waals surface area contributed by atoms with Crippen LogP contribution in [0.2, 0.25) is 0 Å². The second-order valence-electron chi connectivity index (χ2n) is 6.96. The minimum atomic E-state index is -0.466. The van der Waals surface area contributed by atoms with E-state index in [1.807, 2.05) is 58.0 Å². The standard InChI is InChI=1S/C21H31NO2/c1-7-12-19(16-20(23)24-21(4,5)6)22(15-8-2)17(3)18-13-10-9-11-14-18/h7-14,17,19H,2,15-16H2,1,3-6H3/t17-,19-/m0/s1. The highest BCUT2D eigenvalue weighted by atomic mass is 16.6. The fraction of sp³-hybridized carbons (Fsp3) is 0.476. The zero-order valence-corrected chi connectivity index (χ0v) is 15.7. The van der Waals surface area contributed by atoms with Crippen molar-refractivity contribution in [2.45, 2.75) is 58.7 Å². The molecule has 0 saturated heterocycles. The van der Waals surface area contributed by atoms with Crippen LogP contribution >= 0.6 is 0 Å². The number of carbonyl (C=O) groups is 1. The van der Waals surface area contributed by atoms with E-state index in [1.165, 1.54) is 5.56 Å². The molecule has 2 atom stereocenters. The largest absolute Gasteiger partial charge is 0.460 e. The Morgan fingerprint density at radius 3 is 2.42 bits per heavy atom. The fourth-order valence-corrected chi connectivity index (χ4v) is 2.72. The Morgan fingerprint density at radius 1 is 1.29 bits per heavy atom. The van der Waals surface area contributed by atoms with Crippen LogP contribution in [0.4, 0.5) is 0 Å². The maximum Gasteiger partial charge on any atom is 0.308 e. The first-order valence-electron chi connectivity index (χ1n) is 8.54. The number of benzene rings is 1. The summed E-state index contributed by atoms with van der Waals surface area (Å²) in [5.74, 6) is -0.181. The van der Waals surface area contributed by atoms with Crippen molar-refractivity contribution >= 4 is 5.97 Å². The van der Waals surface area contributed by atoms with Gasteiger partial charge in [-0.15, -0.1) is 6.58 Å². The van der Waals surface area contributed by atoms with Gasteiger partial charge in [-0.1, -0.05) is 48.6 Å². The molecule has 0 spiro atoms. The first-order chi connectivity index (χ1) is 11.3. The van der Waals surface area contributed by atoms with Crippen LogP contribution in [-0.2, 0) is 9.53 Å². The zero-order valence-electron chi connectivity index (χ0n) is 15.7. The third-order valence-corrected chi connectivity index (χ3v) is 3.76. The number of rotatable bonds is 8. The lowest BCUT2D eigenvalue weighted by Gasteiger charge is -2.34. The van der Waals surface area contributed by atoms with E-state index in [-0.39, 0.29) is 18.1 Å². The minimum absolute atomic E-state index is 0.0296. The molecule has 0 aromatic heterocycles. The van der Waals surface area contributed by atoms with Gasteiger partial charge in [-0.25, -0.2) is 0 Å². The van der Waals surface area contributed by atoms with Crippen molar-refractivity contribution < 1.29 is 9.53 Å². The van der Waals surface area contributed by atoms with E-state index < -0.39 is 5.60 Å². The number of allylic oxidation sites excluding steroid dienone is 1. The van der Waals surface area contributed by atoms with Gasteiger partial charge < -0.3 is 4.74 Å². The van der Waals surface area contributed by atoms with Gasteiger partial charge >= 0.3 is 5.97 Å². The van der Waals surface area contributed by atoms with Gasteiger partial charge in [-0.2, -0.15) is 0 Å². The molecule has 0 fully saturated rings. The van der Waals surface area contributed by atoms with E-state index in [2.05, 4.69) is 36.6 Å². The SMILES string of the molecule is C=CCN([C@@H](C=CC)CC(=O)OC(C)(C)C)[C@@H](C)c1ccccc1. The maximum absolute atomic E-state index is 12.3. The molecule has 0 heterocycles. The molecule has 3 nitrogen and oxygen atoms in total. The number of hydrogen-bond donors (Lipinski definition) is 0. The average Bonchev–Trinajstić information content (AvgIpc) is 2.50. The molecule has 0 aliphatic heterocycles. The third kappa shape index (κ3) is 6.71. The Labute approximate surface area is 147 Å². The molecule has 3 heteroatoms. The summed E-state index contributed by atoms with van der Waals surface area (Å²) in [5, 5.41) is 0. The predicted octanol–water partition coefficient (Wildman–Crippen LogP) is 4.91. The highest BCUT2D eigenvalue weighted by Gasteiger charge is 2.26. The molecule has 132 valence electrons. The van der Waals surface area contributed by atoms with Gasteiger partial charge in [0, 0.05) is 18.6 Å². The number of hydrogen-bond acceptors (Lipinski definition) is 3. The number of carbonyl (C=O) groups excluding carboxylic acids is 1. The summed E-state index contributed by atoms with van der Waals surface area (Å²) in [5.41, 5.74) is 0.754. The molecule has 0 aliphatic carbocycles. The van der Waals surface area contributed by atoms with Crippen LogP contribution in [0.1, 0.15) is 52.6 Å². The minimum Gasteiger partial charge on any atom is -0.460 e. The molecule has 1 aromatic rings. The summed E-state index contributed by atoms with van der Waals surface area (Å²) in [6.07, 6.45) is 6.26. The molecule has 0 N–H and O–H groups in total. The summed E-state index contributed by atoms with van der Waals surface area (Å²) in [4.78, 5) is 14.6. The van der Waals surface area contributed by atoms with Crippen LogP contribution in [0.5, 0.6) is 0 Å². The molecule has 0 aliphatic rings. The molecule has 0 amide bonds. The molecule has 0 unspecified atom stereocenters. The van der Waals surface area contributed by atoms with Crippen molar-refractivity contribution in [1.29, 1.82) is 0 Å². The molecule has 24 heavy (non-hydrogen) atoms. The lowest BCUT2D eigenvalue weighted by molar-refractivity contribution is -0.156. The van der Waals surface area contributed by atoms with Gasteiger partial charge in [-0.05, 0) is 40.2 Å². The molecule has 1 rings (SSSR count). The average molecular weight is 329 g/mol. The van der Waals surface area contributed by atoms with Crippen LogP contribution < -0.4 is 0 Å². The van der Waals surface area contributed by atoms with Crippen molar-refractivity contribution in [2.75, 3.05) is 6.54 Å². The van der Waals surface area contributed by atoms with Gasteiger partial charge in [0.25, 0.3) is 0 Å². The lowest BCUT2D eigenvalue weighted by atomic mass is 10.0. The Morgan fingerprint density at radius 2 is 1.92 bits per heavy atom. The fourth-order valence-electron chi connectivity index (χ4n) is 2.72. The topological polar surface area (TPSA) is 29.5 Å². The van der Waals surface area contributed by atoms with Gasteiger partial charge in [0.15, 0.2) is 0 Å². The van der Waals surface area contributed by atoms with Crippen LogP contribution in [0, 0.1) is 0 Å². The summed E-state index contributed by atoms with van der Waals surface area (Å²) in [7, 11) is 0. The Kier molecular flexibility index (Phi) is 7.93. The van der Waals surface area contributed by atoms with Crippen molar-refractivity contribution in [3.63, 3.8) is 0 Å². The first-order valence-corrected chi connectivity index (χ1v) is 8.54. The first kappa shape index (κ1) is 20.2. The number of nitrogens with zero attached hydrogens (tertiary/aromatic N) is 1. The van der Waals surface area contributed by atoms with Crippen LogP contribution in [0.15, 0.2) is 55.1 Å². The second kappa shape index (κ2) is 9.43. The van der Waals surface area contributed by atoms with Crippen LogP contribution in [0.3, 0.4) is 0 Å². The van der Waals surface area contributed by atoms with Crippen molar-refractivity contribution in [3.05, 3.63) is 60.7 Å². The number of esters is 1.